The summed E-state index contributed by atoms with van der Waals surface area (Å²) in [6.45, 7) is 2.62. The zero-order chi connectivity index (χ0) is 22.5. The van der Waals surface area contributed by atoms with Gasteiger partial charge in [0.15, 0.2) is 17.3 Å². The maximum absolute atomic E-state index is 10.0. The zero-order valence-electron chi connectivity index (χ0n) is 17.8. The number of morpholine rings is 1. The molecule has 2 heterocycles. The molecule has 1 aliphatic heterocycles. The Morgan fingerprint density at radius 2 is 1.88 bits per heavy atom. The van der Waals surface area contributed by atoms with E-state index >= 15 is 0 Å². The van der Waals surface area contributed by atoms with Gasteiger partial charge in [-0.15, -0.1) is 10.2 Å². The summed E-state index contributed by atoms with van der Waals surface area (Å²) in [5, 5.41) is 19.2. The average Bonchev–Trinajstić information content (AvgIpc) is 3.28. The molecule has 164 valence electrons. The minimum Gasteiger partial charge on any atom is -0.493 e. The van der Waals surface area contributed by atoms with Crippen LogP contribution in [0.1, 0.15) is 11.4 Å². The van der Waals surface area contributed by atoms with Gasteiger partial charge >= 0.3 is 0 Å². The molecule has 0 radical (unpaired) electrons. The van der Waals surface area contributed by atoms with Crippen molar-refractivity contribution in [3.05, 3.63) is 58.9 Å². The molecule has 0 amide bonds. The molecule has 0 bridgehead atoms. The van der Waals surface area contributed by atoms with Crippen LogP contribution >= 0.6 is 11.6 Å². The number of allylic oxidation sites excluding steroid dienone is 1. The van der Waals surface area contributed by atoms with E-state index in [0.717, 1.165) is 5.69 Å². The maximum Gasteiger partial charge on any atom is 0.232 e. The quantitative estimate of drug-likeness (QED) is 0.526. The number of rotatable bonds is 6. The van der Waals surface area contributed by atoms with Crippen molar-refractivity contribution in [2.24, 2.45) is 0 Å². The van der Waals surface area contributed by atoms with E-state index in [0.29, 0.717) is 65.7 Å². The number of hydrogen-bond acceptors (Lipinski definition) is 7. The van der Waals surface area contributed by atoms with Crippen molar-refractivity contribution in [1.29, 1.82) is 5.26 Å². The van der Waals surface area contributed by atoms with Crippen LogP contribution in [-0.2, 0) is 4.74 Å². The van der Waals surface area contributed by atoms with Gasteiger partial charge in [0.05, 0.1) is 43.7 Å². The smallest absolute Gasteiger partial charge is 0.232 e. The Balaban J connectivity index is 1.84. The minimum absolute atomic E-state index is 0.337. The highest BCUT2D eigenvalue weighted by atomic mass is 35.5. The van der Waals surface area contributed by atoms with Crippen LogP contribution in [0.5, 0.6) is 11.5 Å². The van der Waals surface area contributed by atoms with Crippen molar-refractivity contribution in [2.75, 3.05) is 45.4 Å². The molecule has 0 N–H and O–H groups in total. The third-order valence-corrected chi connectivity index (χ3v) is 5.36. The fourth-order valence-corrected chi connectivity index (χ4v) is 3.86. The van der Waals surface area contributed by atoms with E-state index < -0.39 is 0 Å². The molecule has 2 aromatic carbocycles. The molecule has 0 aliphatic carbocycles. The van der Waals surface area contributed by atoms with E-state index in [1.54, 1.807) is 18.2 Å². The van der Waals surface area contributed by atoms with E-state index in [1.165, 1.54) is 14.2 Å². The maximum atomic E-state index is 10.0. The first-order valence-corrected chi connectivity index (χ1v) is 10.4. The van der Waals surface area contributed by atoms with E-state index in [9.17, 15) is 5.26 Å². The van der Waals surface area contributed by atoms with Gasteiger partial charge in [-0.1, -0.05) is 29.8 Å². The predicted molar refractivity (Wildman–Crippen MR) is 122 cm³/mol. The molecule has 4 rings (SSSR count). The van der Waals surface area contributed by atoms with Gasteiger partial charge < -0.3 is 19.1 Å². The molecule has 1 fully saturated rings. The Morgan fingerprint density at radius 1 is 1.12 bits per heavy atom. The summed E-state index contributed by atoms with van der Waals surface area (Å²) >= 11 is 6.35. The number of para-hydroxylation sites is 1. The molecular formula is C23H22ClN5O3. The van der Waals surface area contributed by atoms with Crippen LogP contribution < -0.4 is 14.4 Å². The first-order chi connectivity index (χ1) is 15.7. The van der Waals surface area contributed by atoms with Crippen molar-refractivity contribution in [2.45, 2.75) is 0 Å². The molecule has 8 nitrogen and oxygen atoms in total. The SMILES string of the molecule is COc1cc(C=C(C#N)c2nnc(N3CCOCC3)n2-c2ccccc2)cc(Cl)c1OC. The van der Waals surface area contributed by atoms with Crippen LogP contribution in [-0.4, -0.2) is 55.3 Å². The van der Waals surface area contributed by atoms with Gasteiger partial charge in [-0.05, 0) is 35.9 Å². The van der Waals surface area contributed by atoms with Gasteiger partial charge in [-0.2, -0.15) is 5.26 Å². The Bertz CT molecular complexity index is 1160. The molecule has 0 spiro atoms. The van der Waals surface area contributed by atoms with Crippen molar-refractivity contribution < 1.29 is 14.2 Å². The largest absolute Gasteiger partial charge is 0.493 e. The van der Waals surface area contributed by atoms with Gasteiger partial charge in [0.25, 0.3) is 0 Å². The molecule has 1 aromatic heterocycles. The van der Waals surface area contributed by atoms with Gasteiger partial charge in [0.1, 0.15) is 6.07 Å². The number of nitrogens with zero attached hydrogens (tertiary/aromatic N) is 5. The number of nitriles is 1. The van der Waals surface area contributed by atoms with E-state index in [1.807, 2.05) is 34.9 Å². The monoisotopic (exact) mass is 451 g/mol. The Hall–Kier alpha value is -3.54. The highest BCUT2D eigenvalue weighted by Crippen LogP contribution is 2.37. The van der Waals surface area contributed by atoms with Gasteiger partial charge in [-0.25, -0.2) is 0 Å². The molecule has 1 aliphatic rings. The summed E-state index contributed by atoms with van der Waals surface area (Å²) in [7, 11) is 3.06. The van der Waals surface area contributed by atoms with Gasteiger partial charge in [0, 0.05) is 13.1 Å². The number of halogens is 1. The second-order valence-electron chi connectivity index (χ2n) is 7.00. The standard InChI is InChI=1S/C23H22ClN5O3/c1-30-20-14-16(13-19(24)21(20)31-2)12-17(15-25)22-26-27-23(28-8-10-32-11-9-28)29(22)18-6-4-3-5-7-18/h3-7,12-14H,8-11H2,1-2H3. The second kappa shape index (κ2) is 9.73. The predicted octanol–water partition coefficient (Wildman–Crippen LogP) is 3.84. The summed E-state index contributed by atoms with van der Waals surface area (Å²) in [4.78, 5) is 2.11. The first kappa shape index (κ1) is 21.7. The highest BCUT2D eigenvalue weighted by molar-refractivity contribution is 6.32. The van der Waals surface area contributed by atoms with Gasteiger partial charge in [-0.3, -0.25) is 4.57 Å². The molecule has 9 heteroatoms. The summed E-state index contributed by atoms with van der Waals surface area (Å²) in [5.74, 6) is 2.01. The van der Waals surface area contributed by atoms with Gasteiger partial charge in [0.2, 0.25) is 5.95 Å². The van der Waals surface area contributed by atoms with Crippen LogP contribution in [0, 0.1) is 11.3 Å². The normalized spacial score (nSPS) is 14.2. The number of hydrogen-bond donors (Lipinski definition) is 0. The number of methoxy groups -OCH3 is 2. The number of aromatic nitrogens is 3. The van der Waals surface area contributed by atoms with Crippen molar-refractivity contribution in [3.8, 4) is 23.3 Å². The summed E-state index contributed by atoms with van der Waals surface area (Å²) in [6, 6.07) is 15.5. The topological polar surface area (TPSA) is 85.4 Å². The number of anilines is 1. The van der Waals surface area contributed by atoms with Crippen molar-refractivity contribution >= 4 is 29.2 Å². The van der Waals surface area contributed by atoms with Crippen LogP contribution in [0.3, 0.4) is 0 Å². The average molecular weight is 452 g/mol. The summed E-state index contributed by atoms with van der Waals surface area (Å²) < 4.78 is 18.0. The molecule has 0 unspecified atom stereocenters. The Morgan fingerprint density at radius 3 is 2.53 bits per heavy atom. The second-order valence-corrected chi connectivity index (χ2v) is 7.41. The molecule has 3 aromatic rings. The lowest BCUT2D eigenvalue weighted by molar-refractivity contribution is 0.122. The summed E-state index contributed by atoms with van der Waals surface area (Å²) in [6.07, 6.45) is 1.71. The lowest BCUT2D eigenvalue weighted by atomic mass is 10.1. The highest BCUT2D eigenvalue weighted by Gasteiger charge is 2.23. The zero-order valence-corrected chi connectivity index (χ0v) is 18.5. The van der Waals surface area contributed by atoms with Crippen LogP contribution in [0.2, 0.25) is 5.02 Å². The van der Waals surface area contributed by atoms with E-state index in [4.69, 9.17) is 25.8 Å². The third kappa shape index (κ3) is 4.26. The van der Waals surface area contributed by atoms with Crippen molar-refractivity contribution in [3.63, 3.8) is 0 Å². The fraction of sp³-hybridized carbons (Fsp3) is 0.261. The van der Waals surface area contributed by atoms with Crippen LogP contribution in [0.4, 0.5) is 5.95 Å². The molecule has 32 heavy (non-hydrogen) atoms. The minimum atomic E-state index is 0.337. The lowest BCUT2D eigenvalue weighted by Crippen LogP contribution is -2.38. The van der Waals surface area contributed by atoms with Crippen molar-refractivity contribution in [1.82, 2.24) is 14.8 Å². The summed E-state index contributed by atoms with van der Waals surface area (Å²) in [5.41, 5.74) is 1.88. The third-order valence-electron chi connectivity index (χ3n) is 5.08. The first-order valence-electron chi connectivity index (χ1n) is 10.0. The Labute approximate surface area is 191 Å². The fourth-order valence-electron chi connectivity index (χ4n) is 3.57. The number of ether oxygens (including phenoxy) is 3. The molecule has 0 saturated carbocycles. The Kier molecular flexibility index (Phi) is 6.59. The van der Waals surface area contributed by atoms with E-state index in [2.05, 4.69) is 21.2 Å². The van der Waals surface area contributed by atoms with Crippen LogP contribution in [0.15, 0.2) is 42.5 Å². The lowest BCUT2D eigenvalue weighted by Gasteiger charge is -2.28. The van der Waals surface area contributed by atoms with E-state index in [-0.39, 0.29) is 0 Å². The molecule has 1 saturated heterocycles. The molecule has 0 atom stereocenters. The molecular weight excluding hydrogens is 430 g/mol. The van der Waals surface area contributed by atoms with Crippen LogP contribution in [0.25, 0.3) is 17.3 Å². The number of benzene rings is 2.